The SMILES string of the molecule is CSC1=C(C#N)C2(CCC(C)CC2)[C@@H](C#N)C(=O)N1. The molecule has 2 rings (SSSR count). The van der Waals surface area contributed by atoms with Gasteiger partial charge in [-0.25, -0.2) is 0 Å². The molecule has 1 saturated carbocycles. The lowest BCUT2D eigenvalue weighted by Gasteiger charge is -2.44. The molecule has 0 aromatic carbocycles. The van der Waals surface area contributed by atoms with Crippen molar-refractivity contribution in [3.8, 4) is 12.1 Å². The Bertz CT molecular complexity index is 504. The lowest BCUT2D eigenvalue weighted by atomic mass is 9.59. The number of thioether (sulfide) groups is 1. The second kappa shape index (κ2) is 5.27. The molecule has 1 aliphatic heterocycles. The van der Waals surface area contributed by atoms with Crippen molar-refractivity contribution >= 4 is 17.7 Å². The van der Waals surface area contributed by atoms with Crippen molar-refractivity contribution in [2.24, 2.45) is 17.3 Å². The molecule has 19 heavy (non-hydrogen) atoms. The quantitative estimate of drug-likeness (QED) is 0.797. The number of rotatable bonds is 1. The fraction of sp³-hybridized carbons (Fsp3) is 0.643. The zero-order valence-corrected chi connectivity index (χ0v) is 12.0. The Kier molecular flexibility index (Phi) is 3.87. The molecule has 5 heteroatoms. The number of carbonyl (C=O) groups excluding carboxylic acids is 1. The number of hydrogen-bond donors (Lipinski definition) is 1. The normalized spacial score (nSPS) is 34.6. The van der Waals surface area contributed by atoms with Crippen LogP contribution in [0.25, 0.3) is 0 Å². The largest absolute Gasteiger partial charge is 0.319 e. The molecular formula is C14H17N3OS. The number of nitrogens with zero attached hydrogens (tertiary/aromatic N) is 2. The summed E-state index contributed by atoms with van der Waals surface area (Å²) in [6.45, 7) is 2.18. The van der Waals surface area contributed by atoms with Gasteiger partial charge in [0.2, 0.25) is 5.91 Å². The number of hydrogen-bond acceptors (Lipinski definition) is 4. The number of amides is 1. The highest BCUT2D eigenvalue weighted by Crippen LogP contribution is 2.52. The summed E-state index contributed by atoms with van der Waals surface area (Å²) in [5.41, 5.74) is 0.0505. The smallest absolute Gasteiger partial charge is 0.243 e. The summed E-state index contributed by atoms with van der Waals surface area (Å²) in [4.78, 5) is 12.1. The minimum atomic E-state index is -0.731. The standard InChI is InChI=1S/C14H17N3OS/c1-9-3-5-14(6-4-9)10(7-15)12(18)17-13(19-2)11(14)8-16/h9-10H,3-6H2,1-2H3,(H,17,18)/t9?,10-,14?/m0/s1. The molecule has 0 aromatic rings. The Morgan fingerprint density at radius 1 is 1.37 bits per heavy atom. The summed E-state index contributed by atoms with van der Waals surface area (Å²) in [6.07, 6.45) is 5.30. The van der Waals surface area contributed by atoms with Crippen LogP contribution in [0.2, 0.25) is 0 Å². The highest BCUT2D eigenvalue weighted by molar-refractivity contribution is 8.02. The molecular weight excluding hydrogens is 258 g/mol. The third-order valence-electron chi connectivity index (χ3n) is 4.39. The Labute approximate surface area is 117 Å². The van der Waals surface area contributed by atoms with E-state index in [0.29, 0.717) is 16.5 Å². The number of allylic oxidation sites excluding steroid dienone is 1. The van der Waals surface area contributed by atoms with E-state index in [9.17, 15) is 15.3 Å². The molecule has 0 saturated heterocycles. The maximum atomic E-state index is 12.1. The molecule has 1 amide bonds. The fourth-order valence-electron chi connectivity index (χ4n) is 3.18. The van der Waals surface area contributed by atoms with Crippen LogP contribution in [-0.4, -0.2) is 12.2 Å². The van der Waals surface area contributed by atoms with Gasteiger partial charge in [0.15, 0.2) is 0 Å². The lowest BCUT2D eigenvalue weighted by molar-refractivity contribution is -0.127. The predicted octanol–water partition coefficient (Wildman–Crippen LogP) is 2.55. The van der Waals surface area contributed by atoms with Gasteiger partial charge in [-0.15, -0.1) is 11.8 Å². The Balaban J connectivity index is 2.53. The van der Waals surface area contributed by atoms with Gasteiger partial charge in [-0.2, -0.15) is 10.5 Å². The third-order valence-corrected chi connectivity index (χ3v) is 5.10. The second-order valence-corrected chi connectivity index (χ2v) is 6.23. The first kappa shape index (κ1) is 14.0. The molecule has 1 N–H and O–H groups in total. The molecule has 100 valence electrons. The zero-order valence-electron chi connectivity index (χ0n) is 11.2. The van der Waals surface area contributed by atoms with E-state index in [-0.39, 0.29) is 5.91 Å². The topological polar surface area (TPSA) is 76.7 Å². The minimum Gasteiger partial charge on any atom is -0.319 e. The van der Waals surface area contributed by atoms with E-state index in [1.54, 1.807) is 0 Å². The van der Waals surface area contributed by atoms with Crippen LogP contribution >= 0.6 is 11.8 Å². The Morgan fingerprint density at radius 3 is 2.47 bits per heavy atom. The number of nitrogens with one attached hydrogen (secondary N) is 1. The van der Waals surface area contributed by atoms with Crippen molar-refractivity contribution in [1.82, 2.24) is 5.32 Å². The van der Waals surface area contributed by atoms with Crippen molar-refractivity contribution < 1.29 is 4.79 Å². The van der Waals surface area contributed by atoms with Crippen LogP contribution in [-0.2, 0) is 4.79 Å². The van der Waals surface area contributed by atoms with Crippen molar-refractivity contribution in [2.45, 2.75) is 32.6 Å². The summed E-state index contributed by atoms with van der Waals surface area (Å²) in [5, 5.41) is 22.2. The first-order chi connectivity index (χ1) is 9.08. The maximum Gasteiger partial charge on any atom is 0.243 e. The van der Waals surface area contributed by atoms with E-state index in [0.717, 1.165) is 25.7 Å². The molecule has 0 unspecified atom stereocenters. The average molecular weight is 275 g/mol. The molecule has 1 spiro atoms. The zero-order chi connectivity index (χ0) is 14.0. The molecule has 2 aliphatic rings. The van der Waals surface area contributed by atoms with Gasteiger partial charge < -0.3 is 5.32 Å². The van der Waals surface area contributed by atoms with Crippen molar-refractivity contribution in [3.05, 3.63) is 10.6 Å². The molecule has 1 aliphatic carbocycles. The van der Waals surface area contributed by atoms with E-state index >= 15 is 0 Å². The molecule has 1 heterocycles. The molecule has 0 radical (unpaired) electrons. The fourth-order valence-corrected chi connectivity index (χ4v) is 3.84. The molecule has 1 atom stereocenters. The maximum absolute atomic E-state index is 12.1. The van der Waals surface area contributed by atoms with Gasteiger partial charge in [0.25, 0.3) is 0 Å². The average Bonchev–Trinajstić information content (AvgIpc) is 2.41. The molecule has 0 aromatic heterocycles. The highest BCUT2D eigenvalue weighted by atomic mass is 32.2. The lowest BCUT2D eigenvalue weighted by Crippen LogP contribution is -2.49. The van der Waals surface area contributed by atoms with E-state index in [1.165, 1.54) is 11.8 Å². The van der Waals surface area contributed by atoms with Gasteiger partial charge in [0.05, 0.1) is 22.7 Å². The number of nitriles is 2. The van der Waals surface area contributed by atoms with Crippen LogP contribution in [0.3, 0.4) is 0 Å². The van der Waals surface area contributed by atoms with Gasteiger partial charge in [0.1, 0.15) is 5.92 Å². The predicted molar refractivity (Wildman–Crippen MR) is 73.5 cm³/mol. The van der Waals surface area contributed by atoms with Gasteiger partial charge in [-0.3, -0.25) is 4.79 Å². The summed E-state index contributed by atoms with van der Waals surface area (Å²) >= 11 is 1.38. The van der Waals surface area contributed by atoms with Crippen LogP contribution in [0.5, 0.6) is 0 Å². The Hall–Kier alpha value is -1.46. The minimum absolute atomic E-state index is 0.250. The molecule has 0 bridgehead atoms. The summed E-state index contributed by atoms with van der Waals surface area (Å²) < 4.78 is 0. The van der Waals surface area contributed by atoms with E-state index in [2.05, 4.69) is 24.4 Å². The highest BCUT2D eigenvalue weighted by Gasteiger charge is 2.52. The third kappa shape index (κ3) is 2.13. The van der Waals surface area contributed by atoms with Crippen LogP contribution in [0.1, 0.15) is 32.6 Å². The van der Waals surface area contributed by atoms with Crippen molar-refractivity contribution in [1.29, 1.82) is 10.5 Å². The van der Waals surface area contributed by atoms with Gasteiger partial charge in [-0.05, 0) is 37.9 Å². The summed E-state index contributed by atoms with van der Waals surface area (Å²) in [6, 6.07) is 4.39. The van der Waals surface area contributed by atoms with Crippen LogP contribution in [0, 0.1) is 39.9 Å². The molecule has 1 fully saturated rings. The van der Waals surface area contributed by atoms with Gasteiger partial charge >= 0.3 is 0 Å². The van der Waals surface area contributed by atoms with Gasteiger partial charge in [0, 0.05) is 5.41 Å². The van der Waals surface area contributed by atoms with Crippen LogP contribution in [0.15, 0.2) is 10.6 Å². The first-order valence-corrected chi connectivity index (χ1v) is 7.71. The Morgan fingerprint density at radius 2 is 2.00 bits per heavy atom. The van der Waals surface area contributed by atoms with E-state index in [1.807, 2.05) is 6.26 Å². The van der Waals surface area contributed by atoms with Crippen molar-refractivity contribution in [2.75, 3.05) is 6.26 Å². The summed E-state index contributed by atoms with van der Waals surface area (Å²) in [5.74, 6) is -0.376. The summed E-state index contributed by atoms with van der Waals surface area (Å²) in [7, 11) is 0. The van der Waals surface area contributed by atoms with E-state index in [4.69, 9.17) is 0 Å². The molecule has 4 nitrogen and oxygen atoms in total. The monoisotopic (exact) mass is 275 g/mol. The van der Waals surface area contributed by atoms with Gasteiger partial charge in [-0.1, -0.05) is 6.92 Å². The van der Waals surface area contributed by atoms with Crippen molar-refractivity contribution in [3.63, 3.8) is 0 Å². The first-order valence-electron chi connectivity index (χ1n) is 6.48. The second-order valence-electron chi connectivity index (χ2n) is 5.41. The number of carbonyl (C=O) groups is 1. The van der Waals surface area contributed by atoms with Crippen LogP contribution in [0.4, 0.5) is 0 Å². The van der Waals surface area contributed by atoms with E-state index < -0.39 is 11.3 Å². The van der Waals surface area contributed by atoms with Crippen LogP contribution < -0.4 is 5.32 Å².